The second-order valence-corrected chi connectivity index (χ2v) is 7.11. The normalized spacial score (nSPS) is 11.4. The zero-order valence-corrected chi connectivity index (χ0v) is 13.8. The number of sulfonamides is 1. The minimum atomic E-state index is -3.83. The third-order valence-electron chi connectivity index (χ3n) is 3.14. The summed E-state index contributed by atoms with van der Waals surface area (Å²) in [5.41, 5.74) is 8.22. The molecule has 4 nitrogen and oxygen atoms in total. The molecule has 0 fully saturated rings. The first-order valence-corrected chi connectivity index (χ1v) is 8.30. The molecule has 0 aliphatic rings. The van der Waals surface area contributed by atoms with Crippen LogP contribution in [0.2, 0.25) is 10.0 Å². The summed E-state index contributed by atoms with van der Waals surface area (Å²) in [5, 5.41) is 0.129. The highest BCUT2D eigenvalue weighted by atomic mass is 35.5. The molecule has 0 atom stereocenters. The van der Waals surface area contributed by atoms with Crippen LogP contribution < -0.4 is 10.5 Å². The average molecular weight is 345 g/mol. The number of hydrogen-bond acceptors (Lipinski definition) is 3. The highest BCUT2D eigenvalue weighted by Gasteiger charge is 2.21. The number of halogens is 2. The predicted octanol–water partition coefficient (Wildman–Crippen LogP) is 3.99. The SMILES string of the molecule is Cc1ccc(NS(=O)(=O)c2ccc(Cl)c(N)c2Cl)cc1C. The Morgan fingerprint density at radius 2 is 1.71 bits per heavy atom. The van der Waals surface area contributed by atoms with E-state index in [1.807, 2.05) is 19.9 Å². The Balaban J connectivity index is 2.43. The first-order chi connectivity index (χ1) is 9.72. The average Bonchev–Trinajstić information content (AvgIpc) is 2.39. The minimum absolute atomic E-state index is 0.0429. The van der Waals surface area contributed by atoms with Gasteiger partial charge in [-0.25, -0.2) is 8.42 Å². The topological polar surface area (TPSA) is 72.2 Å². The summed E-state index contributed by atoms with van der Waals surface area (Å²) < 4.78 is 27.3. The van der Waals surface area contributed by atoms with Gasteiger partial charge in [0.05, 0.1) is 15.7 Å². The Bertz CT molecular complexity index is 805. The number of benzene rings is 2. The lowest BCUT2D eigenvalue weighted by atomic mass is 10.1. The van der Waals surface area contributed by atoms with E-state index >= 15 is 0 Å². The highest BCUT2D eigenvalue weighted by Crippen LogP contribution is 2.34. The maximum atomic E-state index is 12.4. The van der Waals surface area contributed by atoms with Crippen LogP contribution in [0, 0.1) is 13.8 Å². The van der Waals surface area contributed by atoms with Gasteiger partial charge in [-0.2, -0.15) is 0 Å². The first-order valence-electron chi connectivity index (χ1n) is 6.06. The van der Waals surface area contributed by atoms with Crippen molar-refractivity contribution >= 4 is 44.6 Å². The van der Waals surface area contributed by atoms with Crippen molar-refractivity contribution < 1.29 is 8.42 Å². The van der Waals surface area contributed by atoms with Crippen molar-refractivity contribution in [2.24, 2.45) is 0 Å². The Labute approximate surface area is 133 Å². The van der Waals surface area contributed by atoms with Crippen molar-refractivity contribution in [3.63, 3.8) is 0 Å². The van der Waals surface area contributed by atoms with Crippen molar-refractivity contribution in [3.05, 3.63) is 51.5 Å². The minimum Gasteiger partial charge on any atom is -0.396 e. The lowest BCUT2D eigenvalue weighted by Crippen LogP contribution is -2.14. The molecule has 0 bridgehead atoms. The first kappa shape index (κ1) is 15.9. The zero-order chi connectivity index (χ0) is 15.8. The van der Waals surface area contributed by atoms with Gasteiger partial charge in [-0.1, -0.05) is 29.3 Å². The van der Waals surface area contributed by atoms with Crippen LogP contribution in [0.5, 0.6) is 0 Å². The van der Waals surface area contributed by atoms with Crippen LogP contribution in [0.3, 0.4) is 0 Å². The lowest BCUT2D eigenvalue weighted by Gasteiger charge is -2.12. The van der Waals surface area contributed by atoms with Crippen molar-refractivity contribution in [1.82, 2.24) is 0 Å². The summed E-state index contributed by atoms with van der Waals surface area (Å²) in [4.78, 5) is -0.107. The molecule has 21 heavy (non-hydrogen) atoms. The van der Waals surface area contributed by atoms with E-state index in [9.17, 15) is 8.42 Å². The van der Waals surface area contributed by atoms with Gasteiger partial charge < -0.3 is 5.73 Å². The Morgan fingerprint density at radius 1 is 1.05 bits per heavy atom. The molecular formula is C14H14Cl2N2O2S. The van der Waals surface area contributed by atoms with Crippen molar-refractivity contribution in [2.75, 3.05) is 10.5 Å². The number of nitrogens with two attached hydrogens (primary N) is 1. The van der Waals surface area contributed by atoms with E-state index in [0.29, 0.717) is 5.69 Å². The van der Waals surface area contributed by atoms with Crippen molar-refractivity contribution in [3.8, 4) is 0 Å². The smallest absolute Gasteiger partial charge is 0.263 e. The zero-order valence-electron chi connectivity index (χ0n) is 11.4. The number of rotatable bonds is 3. The standard InChI is InChI=1S/C14H14Cl2N2O2S/c1-8-3-4-10(7-9(8)2)18-21(19,20)12-6-5-11(15)14(17)13(12)16/h3-7,18H,17H2,1-2H3. The number of nitrogen functional groups attached to an aromatic ring is 1. The summed E-state index contributed by atoms with van der Waals surface area (Å²) in [6, 6.07) is 8.00. The Morgan fingerprint density at radius 3 is 2.33 bits per heavy atom. The van der Waals surface area contributed by atoms with Crippen LogP contribution >= 0.6 is 23.2 Å². The van der Waals surface area contributed by atoms with E-state index in [2.05, 4.69) is 4.72 Å². The molecule has 0 saturated carbocycles. The van der Waals surface area contributed by atoms with Crippen LogP contribution in [0.25, 0.3) is 0 Å². The fourth-order valence-corrected chi connectivity index (χ4v) is 3.59. The molecule has 3 N–H and O–H groups in total. The van der Waals surface area contributed by atoms with E-state index in [-0.39, 0.29) is 20.6 Å². The molecule has 2 rings (SSSR count). The van der Waals surface area contributed by atoms with Gasteiger partial charge in [0.1, 0.15) is 4.90 Å². The molecule has 112 valence electrons. The predicted molar refractivity (Wildman–Crippen MR) is 87.6 cm³/mol. The Hall–Kier alpha value is -1.43. The summed E-state index contributed by atoms with van der Waals surface area (Å²) in [5.74, 6) is 0. The monoisotopic (exact) mass is 344 g/mol. The molecule has 2 aromatic carbocycles. The van der Waals surface area contributed by atoms with Crippen LogP contribution in [-0.4, -0.2) is 8.42 Å². The number of aryl methyl sites for hydroxylation is 2. The number of hydrogen-bond donors (Lipinski definition) is 2. The van der Waals surface area contributed by atoms with Crippen molar-refractivity contribution in [2.45, 2.75) is 18.7 Å². The van der Waals surface area contributed by atoms with Gasteiger partial charge >= 0.3 is 0 Å². The van der Waals surface area contributed by atoms with Crippen LogP contribution in [0.4, 0.5) is 11.4 Å². The van der Waals surface area contributed by atoms with Crippen LogP contribution in [0.15, 0.2) is 35.2 Å². The molecular weight excluding hydrogens is 331 g/mol. The fraction of sp³-hybridized carbons (Fsp3) is 0.143. The maximum absolute atomic E-state index is 12.4. The molecule has 0 unspecified atom stereocenters. The summed E-state index contributed by atoms with van der Waals surface area (Å²) in [7, 11) is -3.83. The van der Waals surface area contributed by atoms with Gasteiger partial charge in [-0.3, -0.25) is 4.72 Å². The third-order valence-corrected chi connectivity index (χ3v) is 5.41. The van der Waals surface area contributed by atoms with Gasteiger partial charge in [0, 0.05) is 5.69 Å². The molecule has 0 aliphatic heterocycles. The second kappa shape index (κ2) is 5.75. The molecule has 7 heteroatoms. The lowest BCUT2D eigenvalue weighted by molar-refractivity contribution is 0.601. The van der Waals surface area contributed by atoms with Crippen LogP contribution in [0.1, 0.15) is 11.1 Å². The molecule has 2 aromatic rings. The van der Waals surface area contributed by atoms with Crippen molar-refractivity contribution in [1.29, 1.82) is 0 Å². The van der Waals surface area contributed by atoms with Gasteiger partial charge in [0.2, 0.25) is 0 Å². The van der Waals surface area contributed by atoms with E-state index in [1.54, 1.807) is 12.1 Å². The largest absolute Gasteiger partial charge is 0.396 e. The van der Waals surface area contributed by atoms with E-state index < -0.39 is 10.0 Å². The molecule has 0 radical (unpaired) electrons. The number of anilines is 2. The molecule has 0 aromatic heterocycles. The van der Waals surface area contributed by atoms with Gasteiger partial charge in [0.25, 0.3) is 10.0 Å². The summed E-state index contributed by atoms with van der Waals surface area (Å²) in [6.45, 7) is 3.85. The van der Waals surface area contributed by atoms with Crippen LogP contribution in [-0.2, 0) is 10.0 Å². The van der Waals surface area contributed by atoms with Gasteiger partial charge in [-0.15, -0.1) is 0 Å². The second-order valence-electron chi connectivity index (χ2n) is 4.68. The third kappa shape index (κ3) is 3.26. The quantitative estimate of drug-likeness (QED) is 0.826. The molecule has 0 saturated heterocycles. The molecule has 0 spiro atoms. The molecule has 0 aliphatic carbocycles. The van der Waals surface area contributed by atoms with E-state index in [1.165, 1.54) is 12.1 Å². The van der Waals surface area contributed by atoms with E-state index in [4.69, 9.17) is 28.9 Å². The summed E-state index contributed by atoms with van der Waals surface area (Å²) in [6.07, 6.45) is 0. The fourth-order valence-electron chi connectivity index (χ4n) is 1.77. The highest BCUT2D eigenvalue weighted by molar-refractivity contribution is 7.92. The molecule has 0 heterocycles. The molecule has 0 amide bonds. The number of nitrogens with one attached hydrogen (secondary N) is 1. The summed E-state index contributed by atoms with van der Waals surface area (Å²) >= 11 is 11.8. The van der Waals surface area contributed by atoms with Gasteiger partial charge in [0.15, 0.2) is 0 Å². The van der Waals surface area contributed by atoms with E-state index in [0.717, 1.165) is 11.1 Å². The maximum Gasteiger partial charge on any atom is 0.263 e. The van der Waals surface area contributed by atoms with Gasteiger partial charge in [-0.05, 0) is 49.2 Å². The Kier molecular flexibility index (Phi) is 4.37.